The van der Waals surface area contributed by atoms with Gasteiger partial charge in [0.2, 0.25) is 5.28 Å². The zero-order valence-corrected chi connectivity index (χ0v) is 14.1. The fourth-order valence-electron chi connectivity index (χ4n) is 3.12. The summed E-state index contributed by atoms with van der Waals surface area (Å²) in [5.41, 5.74) is 0. The van der Waals surface area contributed by atoms with Gasteiger partial charge in [-0.3, -0.25) is 0 Å². The van der Waals surface area contributed by atoms with Gasteiger partial charge in [0.25, 0.3) is 0 Å². The van der Waals surface area contributed by atoms with Crippen LogP contribution in [-0.2, 0) is 6.42 Å². The Kier molecular flexibility index (Phi) is 4.96. The van der Waals surface area contributed by atoms with Gasteiger partial charge in [-0.1, -0.05) is 39.0 Å². The summed E-state index contributed by atoms with van der Waals surface area (Å²) in [6.45, 7) is 3.14. The Morgan fingerprint density at radius 3 is 2.86 bits per heavy atom. The number of hydrogen-bond acceptors (Lipinski definition) is 4. The van der Waals surface area contributed by atoms with Gasteiger partial charge in [-0.25, -0.2) is 9.97 Å². The van der Waals surface area contributed by atoms with E-state index in [4.69, 9.17) is 11.6 Å². The van der Waals surface area contributed by atoms with Crippen molar-refractivity contribution in [2.45, 2.75) is 51.9 Å². The summed E-state index contributed by atoms with van der Waals surface area (Å²) in [5.74, 6) is 1.78. The molecule has 0 amide bonds. The highest BCUT2D eigenvalue weighted by molar-refractivity contribution is 7.18. The number of fused-ring (bicyclic) bond motifs is 1. The monoisotopic (exact) mass is 323 g/mol. The summed E-state index contributed by atoms with van der Waals surface area (Å²) in [6.07, 6.45) is 9.26. The number of halogens is 1. The highest BCUT2D eigenvalue weighted by Crippen LogP contribution is 2.31. The molecule has 2 aromatic rings. The Balaban J connectivity index is 1.69. The molecule has 0 unspecified atom stereocenters. The average molecular weight is 324 g/mol. The van der Waals surface area contributed by atoms with Crippen LogP contribution in [0, 0.1) is 5.92 Å². The summed E-state index contributed by atoms with van der Waals surface area (Å²) < 4.78 is 0. The van der Waals surface area contributed by atoms with Crippen molar-refractivity contribution < 1.29 is 0 Å². The van der Waals surface area contributed by atoms with Crippen LogP contribution in [0.25, 0.3) is 10.2 Å². The van der Waals surface area contributed by atoms with E-state index in [-0.39, 0.29) is 0 Å². The third kappa shape index (κ3) is 3.67. The van der Waals surface area contributed by atoms with Crippen molar-refractivity contribution in [3.8, 4) is 0 Å². The first-order valence-corrected chi connectivity index (χ1v) is 9.15. The van der Waals surface area contributed by atoms with Crippen molar-refractivity contribution in [1.82, 2.24) is 9.97 Å². The van der Waals surface area contributed by atoms with Gasteiger partial charge in [-0.05, 0) is 36.4 Å². The van der Waals surface area contributed by atoms with Crippen LogP contribution in [0.4, 0.5) is 5.82 Å². The first kappa shape index (κ1) is 15.0. The fourth-order valence-corrected chi connectivity index (χ4v) is 4.31. The van der Waals surface area contributed by atoms with Crippen molar-refractivity contribution in [1.29, 1.82) is 0 Å². The summed E-state index contributed by atoms with van der Waals surface area (Å²) in [5, 5.41) is 4.94. The molecule has 1 fully saturated rings. The molecule has 0 aliphatic heterocycles. The second kappa shape index (κ2) is 6.93. The minimum absolute atomic E-state index is 0.340. The van der Waals surface area contributed by atoms with E-state index in [9.17, 15) is 0 Å². The number of aromatic nitrogens is 2. The molecule has 3 nitrogen and oxygen atoms in total. The van der Waals surface area contributed by atoms with Crippen LogP contribution in [0.1, 0.15) is 50.3 Å². The minimum Gasteiger partial charge on any atom is -0.369 e. The zero-order chi connectivity index (χ0) is 14.7. The molecule has 2 heterocycles. The van der Waals surface area contributed by atoms with E-state index in [0.717, 1.165) is 34.9 Å². The van der Waals surface area contributed by atoms with Crippen molar-refractivity contribution in [2.75, 3.05) is 11.9 Å². The van der Waals surface area contributed by atoms with Crippen LogP contribution in [0.15, 0.2) is 6.07 Å². The third-order valence-electron chi connectivity index (χ3n) is 4.33. The molecule has 21 heavy (non-hydrogen) atoms. The van der Waals surface area contributed by atoms with Crippen LogP contribution in [-0.4, -0.2) is 16.5 Å². The predicted molar refractivity (Wildman–Crippen MR) is 91.5 cm³/mol. The fraction of sp³-hybridized carbons (Fsp3) is 0.625. The minimum atomic E-state index is 0.340. The molecule has 114 valence electrons. The van der Waals surface area contributed by atoms with Crippen molar-refractivity contribution in [2.24, 2.45) is 5.92 Å². The van der Waals surface area contributed by atoms with Gasteiger partial charge in [0.15, 0.2) is 0 Å². The Bertz CT molecular complexity index is 605. The maximum absolute atomic E-state index is 6.05. The van der Waals surface area contributed by atoms with Gasteiger partial charge in [0, 0.05) is 11.4 Å². The van der Waals surface area contributed by atoms with E-state index in [2.05, 4.69) is 28.3 Å². The maximum Gasteiger partial charge on any atom is 0.225 e. The molecule has 0 spiro atoms. The summed E-state index contributed by atoms with van der Waals surface area (Å²) in [6, 6.07) is 2.19. The van der Waals surface area contributed by atoms with Crippen molar-refractivity contribution in [3.63, 3.8) is 0 Å². The molecular formula is C16H22ClN3S. The van der Waals surface area contributed by atoms with Gasteiger partial charge in [-0.2, -0.15) is 0 Å². The molecule has 1 N–H and O–H groups in total. The highest BCUT2D eigenvalue weighted by Gasteiger charge is 2.14. The standard InChI is InChI=1S/C16H22ClN3S/c1-2-12-10-13-14(19-16(17)20-15(13)21-12)18-9-8-11-6-4-3-5-7-11/h10-11H,2-9H2,1H3,(H,18,19,20). The smallest absolute Gasteiger partial charge is 0.225 e. The van der Waals surface area contributed by atoms with Gasteiger partial charge in [0.1, 0.15) is 10.6 Å². The molecule has 0 atom stereocenters. The van der Waals surface area contributed by atoms with E-state index >= 15 is 0 Å². The topological polar surface area (TPSA) is 37.8 Å². The Labute approximate surface area is 135 Å². The van der Waals surface area contributed by atoms with E-state index in [1.54, 1.807) is 11.3 Å². The molecule has 2 aromatic heterocycles. The zero-order valence-electron chi connectivity index (χ0n) is 12.5. The van der Waals surface area contributed by atoms with Crippen LogP contribution >= 0.6 is 22.9 Å². The first-order chi connectivity index (χ1) is 10.3. The number of aryl methyl sites for hydroxylation is 1. The molecule has 0 aromatic carbocycles. The lowest BCUT2D eigenvalue weighted by atomic mass is 9.87. The quantitative estimate of drug-likeness (QED) is 0.760. The maximum atomic E-state index is 6.05. The van der Waals surface area contributed by atoms with E-state index in [1.165, 1.54) is 43.4 Å². The Morgan fingerprint density at radius 1 is 1.29 bits per heavy atom. The summed E-state index contributed by atoms with van der Waals surface area (Å²) >= 11 is 7.76. The van der Waals surface area contributed by atoms with E-state index in [1.807, 2.05) is 0 Å². The normalized spacial score (nSPS) is 16.5. The number of thiophene rings is 1. The molecule has 0 saturated heterocycles. The number of rotatable bonds is 5. The average Bonchev–Trinajstić information content (AvgIpc) is 2.91. The SMILES string of the molecule is CCc1cc2c(NCCC3CCCCC3)nc(Cl)nc2s1. The molecule has 0 bridgehead atoms. The molecule has 3 rings (SSSR count). The second-order valence-electron chi connectivity index (χ2n) is 5.85. The van der Waals surface area contributed by atoms with E-state index < -0.39 is 0 Å². The van der Waals surface area contributed by atoms with Crippen molar-refractivity contribution >= 4 is 39.0 Å². The van der Waals surface area contributed by atoms with Crippen LogP contribution in [0.5, 0.6) is 0 Å². The van der Waals surface area contributed by atoms with Gasteiger partial charge in [-0.15, -0.1) is 11.3 Å². The van der Waals surface area contributed by atoms with E-state index in [0.29, 0.717) is 5.28 Å². The lowest BCUT2D eigenvalue weighted by Crippen LogP contribution is -2.13. The summed E-state index contributed by atoms with van der Waals surface area (Å²) in [7, 11) is 0. The summed E-state index contributed by atoms with van der Waals surface area (Å²) in [4.78, 5) is 11.0. The third-order valence-corrected chi connectivity index (χ3v) is 5.68. The molecule has 1 aliphatic rings. The highest BCUT2D eigenvalue weighted by atomic mass is 35.5. The Hall–Kier alpha value is -0.870. The van der Waals surface area contributed by atoms with Crippen LogP contribution in [0.2, 0.25) is 5.28 Å². The molecule has 5 heteroatoms. The van der Waals surface area contributed by atoms with Crippen LogP contribution in [0.3, 0.4) is 0 Å². The Morgan fingerprint density at radius 2 is 2.10 bits per heavy atom. The lowest BCUT2D eigenvalue weighted by molar-refractivity contribution is 0.345. The van der Waals surface area contributed by atoms with Gasteiger partial charge >= 0.3 is 0 Å². The number of nitrogens with zero attached hydrogens (tertiary/aromatic N) is 2. The molecule has 1 saturated carbocycles. The molecule has 0 radical (unpaired) electrons. The molecule has 1 aliphatic carbocycles. The van der Waals surface area contributed by atoms with Gasteiger partial charge in [0.05, 0.1) is 5.39 Å². The number of nitrogens with one attached hydrogen (secondary N) is 1. The predicted octanol–water partition coefficient (Wildman–Crippen LogP) is 5.29. The lowest BCUT2D eigenvalue weighted by Gasteiger charge is -2.21. The first-order valence-electron chi connectivity index (χ1n) is 7.96. The number of anilines is 1. The largest absolute Gasteiger partial charge is 0.369 e. The van der Waals surface area contributed by atoms with Crippen LogP contribution < -0.4 is 5.32 Å². The molecular weight excluding hydrogens is 302 g/mol. The van der Waals surface area contributed by atoms with Crippen molar-refractivity contribution in [3.05, 3.63) is 16.2 Å². The second-order valence-corrected chi connectivity index (χ2v) is 7.30. The number of hydrogen-bond donors (Lipinski definition) is 1. The van der Waals surface area contributed by atoms with Gasteiger partial charge < -0.3 is 5.32 Å².